The molecule has 1 aliphatic heterocycles. The van der Waals surface area contributed by atoms with Gasteiger partial charge in [-0.15, -0.1) is 0 Å². The summed E-state index contributed by atoms with van der Waals surface area (Å²) in [5.41, 5.74) is 0.735. The molecule has 1 heterocycles. The lowest BCUT2D eigenvalue weighted by atomic mass is 10.3. The van der Waals surface area contributed by atoms with Crippen molar-refractivity contribution in [3.05, 3.63) is 66.7 Å². The minimum atomic E-state index is -1.26. The van der Waals surface area contributed by atoms with E-state index >= 15 is 0 Å². The van der Waals surface area contributed by atoms with Gasteiger partial charge in [-0.1, -0.05) is 30.3 Å². The van der Waals surface area contributed by atoms with Gasteiger partial charge in [0.25, 0.3) is 0 Å². The molecule has 1 aliphatic rings. The van der Waals surface area contributed by atoms with Crippen LogP contribution in [0.15, 0.2) is 66.7 Å². The number of carbonyl (C=O) groups is 3. The Bertz CT molecular complexity index is 964. The highest BCUT2D eigenvalue weighted by Crippen LogP contribution is 2.28. The zero-order chi connectivity index (χ0) is 25.5. The summed E-state index contributed by atoms with van der Waals surface area (Å²) in [7, 11) is 1.65. The van der Waals surface area contributed by atoms with Crippen LogP contribution < -0.4 is 14.8 Å². The molecule has 1 unspecified atom stereocenters. The highest BCUT2D eigenvalue weighted by Gasteiger charge is 2.24. The highest BCUT2D eigenvalue weighted by atomic mass is 16.5. The first-order chi connectivity index (χ1) is 16.9. The Labute approximate surface area is 203 Å². The monoisotopic (exact) mass is 486 g/mol. The van der Waals surface area contributed by atoms with Gasteiger partial charge in [0.1, 0.15) is 6.10 Å². The minimum absolute atomic E-state index is 0.156. The third-order valence-electron chi connectivity index (χ3n) is 4.83. The summed E-state index contributed by atoms with van der Waals surface area (Å²) < 4.78 is 16.6. The first-order valence-electron chi connectivity index (χ1n) is 11.0. The van der Waals surface area contributed by atoms with E-state index in [0.717, 1.165) is 49.7 Å². The standard InChI is InChI=1S/C21H26N2O4.C4H4O4/c1-25-19-10-5-6-11-20(19)27-18-12-14-23(16-18)13-7-15-26-21(24)22-17-8-3-2-4-9-17;5-3(6)1-2-4(7)8/h2-6,8-11,18H,7,12-16H2,1H3,(H,22,24);1-2H,(H,5,6)(H,7,8)/b;2-1+. The van der Waals surface area contributed by atoms with Crippen LogP contribution in [0.2, 0.25) is 0 Å². The van der Waals surface area contributed by atoms with Crippen LogP contribution in [-0.2, 0) is 14.3 Å². The van der Waals surface area contributed by atoms with Gasteiger partial charge in [0.05, 0.1) is 13.7 Å². The van der Waals surface area contributed by atoms with Gasteiger partial charge in [0.15, 0.2) is 11.5 Å². The largest absolute Gasteiger partial charge is 0.493 e. The molecule has 2 aromatic rings. The number of rotatable bonds is 10. The zero-order valence-corrected chi connectivity index (χ0v) is 19.5. The first kappa shape index (κ1) is 27.2. The fourth-order valence-corrected chi connectivity index (χ4v) is 3.26. The Morgan fingerprint density at radius 3 is 2.26 bits per heavy atom. The predicted octanol–water partition coefficient (Wildman–Crippen LogP) is 3.50. The molecule has 1 amide bonds. The van der Waals surface area contributed by atoms with E-state index in [2.05, 4.69) is 10.2 Å². The molecule has 0 spiro atoms. The summed E-state index contributed by atoms with van der Waals surface area (Å²) in [4.78, 5) is 33.2. The van der Waals surface area contributed by atoms with Crippen LogP contribution in [0, 0.1) is 0 Å². The molecule has 0 radical (unpaired) electrons. The number of carboxylic acids is 2. The van der Waals surface area contributed by atoms with Crippen molar-refractivity contribution in [2.24, 2.45) is 0 Å². The molecule has 1 fully saturated rings. The normalized spacial score (nSPS) is 15.1. The maximum atomic E-state index is 11.7. The van der Waals surface area contributed by atoms with Crippen molar-refractivity contribution in [3.8, 4) is 11.5 Å². The molecule has 3 rings (SSSR count). The molecule has 1 saturated heterocycles. The molecule has 2 aromatic carbocycles. The zero-order valence-electron chi connectivity index (χ0n) is 19.5. The average Bonchev–Trinajstić information content (AvgIpc) is 3.29. The minimum Gasteiger partial charge on any atom is -0.493 e. The summed E-state index contributed by atoms with van der Waals surface area (Å²) in [6.07, 6.45) is 2.63. The van der Waals surface area contributed by atoms with Gasteiger partial charge in [-0.25, -0.2) is 14.4 Å². The molecule has 35 heavy (non-hydrogen) atoms. The molecular formula is C25H30N2O8. The molecule has 0 saturated carbocycles. The smallest absolute Gasteiger partial charge is 0.411 e. The van der Waals surface area contributed by atoms with Gasteiger partial charge in [0, 0.05) is 37.5 Å². The Kier molecular flexibility index (Phi) is 11.6. The van der Waals surface area contributed by atoms with Crippen LogP contribution >= 0.6 is 0 Å². The summed E-state index contributed by atoms with van der Waals surface area (Å²) in [6.45, 7) is 3.13. The van der Waals surface area contributed by atoms with Gasteiger partial charge >= 0.3 is 18.0 Å². The number of methoxy groups -OCH3 is 1. The summed E-state index contributed by atoms with van der Waals surface area (Å²) >= 11 is 0. The summed E-state index contributed by atoms with van der Waals surface area (Å²) in [5.74, 6) is -0.971. The van der Waals surface area contributed by atoms with E-state index < -0.39 is 18.0 Å². The van der Waals surface area contributed by atoms with Crippen LogP contribution in [0.1, 0.15) is 12.8 Å². The van der Waals surface area contributed by atoms with Gasteiger partial charge in [0.2, 0.25) is 0 Å². The quantitative estimate of drug-likeness (QED) is 0.341. The second-order valence-corrected chi connectivity index (χ2v) is 7.47. The summed E-state index contributed by atoms with van der Waals surface area (Å²) in [6, 6.07) is 17.0. The number of carbonyl (C=O) groups excluding carboxylic acids is 1. The van der Waals surface area contributed by atoms with Gasteiger partial charge in [-0.2, -0.15) is 0 Å². The van der Waals surface area contributed by atoms with E-state index in [0.29, 0.717) is 18.8 Å². The average molecular weight is 487 g/mol. The van der Waals surface area contributed by atoms with E-state index in [1.54, 1.807) is 7.11 Å². The van der Waals surface area contributed by atoms with E-state index in [1.165, 1.54) is 0 Å². The molecule has 10 heteroatoms. The van der Waals surface area contributed by atoms with E-state index in [9.17, 15) is 14.4 Å². The molecular weight excluding hydrogens is 456 g/mol. The number of hydrogen-bond acceptors (Lipinski definition) is 7. The van der Waals surface area contributed by atoms with Crippen molar-refractivity contribution in [1.82, 2.24) is 4.90 Å². The third kappa shape index (κ3) is 11.1. The van der Waals surface area contributed by atoms with Crippen molar-refractivity contribution < 1.29 is 38.8 Å². The Morgan fingerprint density at radius 1 is 1.00 bits per heavy atom. The number of para-hydroxylation sites is 3. The van der Waals surface area contributed by atoms with Crippen molar-refractivity contribution in [2.45, 2.75) is 18.9 Å². The van der Waals surface area contributed by atoms with Crippen molar-refractivity contribution >= 4 is 23.7 Å². The van der Waals surface area contributed by atoms with Crippen LogP contribution in [-0.4, -0.2) is 72.6 Å². The molecule has 0 aliphatic carbocycles. The van der Waals surface area contributed by atoms with E-state index in [4.69, 9.17) is 24.4 Å². The van der Waals surface area contributed by atoms with E-state index in [-0.39, 0.29) is 6.10 Å². The SMILES string of the molecule is COc1ccccc1OC1CCN(CCCOC(=O)Nc2ccccc2)C1.O=C(O)/C=C/C(=O)O. The maximum absolute atomic E-state index is 11.7. The number of nitrogens with one attached hydrogen (secondary N) is 1. The highest BCUT2D eigenvalue weighted by molar-refractivity contribution is 5.89. The molecule has 3 N–H and O–H groups in total. The lowest BCUT2D eigenvalue weighted by Crippen LogP contribution is -2.27. The fourth-order valence-electron chi connectivity index (χ4n) is 3.26. The number of nitrogens with zero attached hydrogens (tertiary/aromatic N) is 1. The third-order valence-corrected chi connectivity index (χ3v) is 4.83. The molecule has 0 bridgehead atoms. The van der Waals surface area contributed by atoms with Crippen molar-refractivity contribution in [3.63, 3.8) is 0 Å². The number of carboxylic acid groups (broad SMARTS) is 2. The van der Waals surface area contributed by atoms with Crippen molar-refractivity contribution in [2.75, 3.05) is 38.7 Å². The number of likely N-dealkylation sites (tertiary alicyclic amines) is 1. The second kappa shape index (κ2) is 15.0. The topological polar surface area (TPSA) is 135 Å². The Hall–Kier alpha value is -4.05. The number of ether oxygens (including phenoxy) is 3. The first-order valence-corrected chi connectivity index (χ1v) is 11.0. The number of aliphatic carboxylic acids is 2. The summed E-state index contributed by atoms with van der Waals surface area (Å²) in [5, 5.41) is 18.3. The Balaban J connectivity index is 0.000000466. The second-order valence-electron chi connectivity index (χ2n) is 7.47. The predicted molar refractivity (Wildman–Crippen MR) is 129 cm³/mol. The number of hydrogen-bond donors (Lipinski definition) is 3. The molecule has 10 nitrogen and oxygen atoms in total. The van der Waals surface area contributed by atoms with Crippen LogP contribution in [0.3, 0.4) is 0 Å². The number of benzene rings is 2. The van der Waals surface area contributed by atoms with Gasteiger partial charge in [-0.05, 0) is 37.1 Å². The van der Waals surface area contributed by atoms with Gasteiger partial charge in [-0.3, -0.25) is 10.2 Å². The van der Waals surface area contributed by atoms with Crippen LogP contribution in [0.5, 0.6) is 11.5 Å². The fraction of sp³-hybridized carbons (Fsp3) is 0.320. The molecule has 0 aromatic heterocycles. The lowest BCUT2D eigenvalue weighted by molar-refractivity contribution is -0.134. The Morgan fingerprint density at radius 2 is 1.63 bits per heavy atom. The van der Waals surface area contributed by atoms with Gasteiger partial charge < -0.3 is 24.4 Å². The lowest BCUT2D eigenvalue weighted by Gasteiger charge is -2.18. The number of amides is 1. The van der Waals surface area contributed by atoms with E-state index in [1.807, 2.05) is 54.6 Å². The molecule has 188 valence electrons. The molecule has 1 atom stereocenters. The number of anilines is 1. The van der Waals surface area contributed by atoms with Crippen LogP contribution in [0.4, 0.5) is 10.5 Å². The van der Waals surface area contributed by atoms with Crippen LogP contribution in [0.25, 0.3) is 0 Å². The maximum Gasteiger partial charge on any atom is 0.411 e. The van der Waals surface area contributed by atoms with Crippen molar-refractivity contribution in [1.29, 1.82) is 0 Å².